The summed E-state index contributed by atoms with van der Waals surface area (Å²) in [5.41, 5.74) is 0.586. The van der Waals surface area contributed by atoms with Gasteiger partial charge in [0.25, 0.3) is 0 Å². The Morgan fingerprint density at radius 3 is 3.00 bits per heavy atom. The molecule has 2 N–H and O–H groups in total. The predicted octanol–water partition coefficient (Wildman–Crippen LogP) is 1.69. The van der Waals surface area contributed by atoms with Gasteiger partial charge in [-0.15, -0.1) is 0 Å². The van der Waals surface area contributed by atoms with E-state index in [4.69, 9.17) is 4.74 Å². The van der Waals surface area contributed by atoms with Crippen molar-refractivity contribution in [1.29, 1.82) is 0 Å². The average Bonchev–Trinajstić information content (AvgIpc) is 2.97. The molecule has 2 heterocycles. The molecule has 5 nitrogen and oxygen atoms in total. The van der Waals surface area contributed by atoms with Crippen molar-refractivity contribution in [3.63, 3.8) is 0 Å². The third-order valence-corrected chi connectivity index (χ3v) is 4.85. The number of carbonyl (C=O) groups excluding carboxylic acids is 1. The van der Waals surface area contributed by atoms with Gasteiger partial charge >= 0.3 is 0 Å². The quantitative estimate of drug-likeness (QED) is 0.889. The number of aliphatic hydroxyl groups excluding tert-OH is 1. The normalized spacial score (nSPS) is 28.2. The number of hydrogen-bond acceptors (Lipinski definition) is 4. The van der Waals surface area contributed by atoms with Crippen molar-refractivity contribution in [3.05, 3.63) is 29.6 Å². The Labute approximate surface area is 135 Å². The van der Waals surface area contributed by atoms with Crippen molar-refractivity contribution >= 4 is 11.6 Å². The molecule has 1 amide bonds. The summed E-state index contributed by atoms with van der Waals surface area (Å²) in [6.45, 7) is 3.71. The van der Waals surface area contributed by atoms with Gasteiger partial charge in [0.2, 0.25) is 5.91 Å². The highest BCUT2D eigenvalue weighted by Gasteiger charge is 2.45. The molecule has 1 spiro atoms. The Morgan fingerprint density at radius 2 is 2.35 bits per heavy atom. The van der Waals surface area contributed by atoms with Gasteiger partial charge in [-0.3, -0.25) is 9.69 Å². The maximum Gasteiger partial charge on any atom is 0.238 e. The molecule has 1 aromatic carbocycles. The summed E-state index contributed by atoms with van der Waals surface area (Å²) < 4.78 is 19.2. The van der Waals surface area contributed by atoms with E-state index in [-0.39, 0.29) is 18.3 Å². The monoisotopic (exact) mass is 322 g/mol. The molecule has 2 atom stereocenters. The van der Waals surface area contributed by atoms with E-state index in [0.29, 0.717) is 30.9 Å². The molecule has 126 valence electrons. The SMILES string of the molecule is Cc1ccc(NC(=O)CN2CC[C@@]3(CCCO3)[C@@H](O)C2)cc1F. The number of hydrogen-bond donors (Lipinski definition) is 2. The summed E-state index contributed by atoms with van der Waals surface area (Å²) in [5.74, 6) is -0.541. The molecule has 23 heavy (non-hydrogen) atoms. The number of aliphatic hydroxyl groups is 1. The second-order valence-corrected chi connectivity index (χ2v) is 6.53. The van der Waals surface area contributed by atoms with Crippen molar-refractivity contribution in [3.8, 4) is 0 Å². The topological polar surface area (TPSA) is 61.8 Å². The van der Waals surface area contributed by atoms with Crippen LogP contribution in [0.15, 0.2) is 18.2 Å². The van der Waals surface area contributed by atoms with Crippen LogP contribution in [0.25, 0.3) is 0 Å². The molecule has 0 bridgehead atoms. The summed E-state index contributed by atoms with van der Waals surface area (Å²) in [4.78, 5) is 14.0. The molecule has 0 unspecified atom stereocenters. The number of halogens is 1. The summed E-state index contributed by atoms with van der Waals surface area (Å²) in [5, 5.41) is 13.1. The summed E-state index contributed by atoms with van der Waals surface area (Å²) in [7, 11) is 0. The molecule has 2 aliphatic heterocycles. The van der Waals surface area contributed by atoms with E-state index >= 15 is 0 Å². The lowest BCUT2D eigenvalue weighted by Crippen LogP contribution is -2.56. The van der Waals surface area contributed by atoms with Gasteiger partial charge in [0.15, 0.2) is 0 Å². The Morgan fingerprint density at radius 1 is 1.52 bits per heavy atom. The highest BCUT2D eigenvalue weighted by molar-refractivity contribution is 5.92. The zero-order chi connectivity index (χ0) is 16.4. The van der Waals surface area contributed by atoms with E-state index in [2.05, 4.69) is 5.32 Å². The number of anilines is 1. The zero-order valence-corrected chi connectivity index (χ0v) is 13.3. The largest absolute Gasteiger partial charge is 0.389 e. The van der Waals surface area contributed by atoms with Crippen LogP contribution in [0.4, 0.5) is 10.1 Å². The van der Waals surface area contributed by atoms with Crippen LogP contribution < -0.4 is 5.32 Å². The number of likely N-dealkylation sites (tertiary alicyclic amines) is 1. The molecule has 0 aliphatic carbocycles. The van der Waals surface area contributed by atoms with Gasteiger partial charge in [-0.25, -0.2) is 4.39 Å². The third kappa shape index (κ3) is 3.54. The molecular weight excluding hydrogens is 299 g/mol. The molecule has 0 radical (unpaired) electrons. The van der Waals surface area contributed by atoms with Crippen molar-refractivity contribution in [2.24, 2.45) is 0 Å². The number of nitrogens with zero attached hydrogens (tertiary/aromatic N) is 1. The molecule has 1 aromatic rings. The van der Waals surface area contributed by atoms with E-state index in [9.17, 15) is 14.3 Å². The summed E-state index contributed by atoms with van der Waals surface area (Å²) in [6, 6.07) is 4.64. The van der Waals surface area contributed by atoms with Crippen LogP contribution in [0.3, 0.4) is 0 Å². The van der Waals surface area contributed by atoms with Crippen molar-refractivity contribution in [2.45, 2.75) is 37.9 Å². The van der Waals surface area contributed by atoms with E-state index < -0.39 is 11.7 Å². The fraction of sp³-hybridized carbons (Fsp3) is 0.588. The van der Waals surface area contributed by atoms with E-state index in [1.165, 1.54) is 6.07 Å². The third-order valence-electron chi connectivity index (χ3n) is 4.85. The molecule has 2 fully saturated rings. The Balaban J connectivity index is 1.53. The lowest BCUT2D eigenvalue weighted by atomic mass is 9.86. The number of β-amino-alcohol motifs (C(OH)–C–C–N with tert-alkyl or cyclic N) is 1. The first-order valence-electron chi connectivity index (χ1n) is 8.09. The van der Waals surface area contributed by atoms with E-state index in [0.717, 1.165) is 19.3 Å². The van der Waals surface area contributed by atoms with E-state index in [1.54, 1.807) is 19.1 Å². The van der Waals surface area contributed by atoms with Gasteiger partial charge in [-0.1, -0.05) is 6.07 Å². The van der Waals surface area contributed by atoms with Gasteiger partial charge in [-0.05, 0) is 43.9 Å². The fourth-order valence-corrected chi connectivity index (χ4v) is 3.41. The first kappa shape index (κ1) is 16.4. The lowest BCUT2D eigenvalue weighted by Gasteiger charge is -2.42. The van der Waals surface area contributed by atoms with Crippen LogP contribution in [-0.4, -0.2) is 53.9 Å². The standard InChI is InChI=1S/C17H23FN2O3/c1-12-3-4-13(9-14(12)18)19-16(22)11-20-7-6-17(15(21)10-20)5-2-8-23-17/h3-4,9,15,21H,2,5-8,10-11H2,1H3,(H,19,22)/t15-,17-/m0/s1. The molecule has 0 aromatic heterocycles. The van der Waals surface area contributed by atoms with Crippen molar-refractivity contribution in [2.75, 3.05) is 31.6 Å². The molecule has 6 heteroatoms. The van der Waals surface area contributed by atoms with Crippen LogP contribution in [-0.2, 0) is 9.53 Å². The maximum atomic E-state index is 13.5. The van der Waals surface area contributed by atoms with Gasteiger partial charge in [0.1, 0.15) is 5.82 Å². The first-order chi connectivity index (χ1) is 11.0. The minimum atomic E-state index is -0.566. The number of piperidine rings is 1. The van der Waals surface area contributed by atoms with Crippen LogP contribution in [0.1, 0.15) is 24.8 Å². The number of ether oxygens (including phenoxy) is 1. The minimum absolute atomic E-state index is 0.183. The molecule has 0 saturated carbocycles. The lowest BCUT2D eigenvalue weighted by molar-refractivity contribution is -0.135. The number of rotatable bonds is 3. The Kier molecular flexibility index (Phi) is 4.66. The number of aryl methyl sites for hydroxylation is 1. The van der Waals surface area contributed by atoms with Crippen LogP contribution >= 0.6 is 0 Å². The summed E-state index contributed by atoms with van der Waals surface area (Å²) in [6.07, 6.45) is 2.04. The minimum Gasteiger partial charge on any atom is -0.389 e. The van der Waals surface area contributed by atoms with E-state index in [1.807, 2.05) is 4.90 Å². The summed E-state index contributed by atoms with van der Waals surface area (Å²) >= 11 is 0. The predicted molar refractivity (Wildman–Crippen MR) is 84.7 cm³/mol. The van der Waals surface area contributed by atoms with Crippen LogP contribution in [0.5, 0.6) is 0 Å². The van der Waals surface area contributed by atoms with Crippen molar-refractivity contribution in [1.82, 2.24) is 4.90 Å². The maximum absolute atomic E-state index is 13.5. The smallest absolute Gasteiger partial charge is 0.238 e. The molecule has 2 aliphatic rings. The Bertz CT molecular complexity index is 587. The highest BCUT2D eigenvalue weighted by Crippen LogP contribution is 2.35. The highest BCUT2D eigenvalue weighted by atomic mass is 19.1. The number of amides is 1. The fourth-order valence-electron chi connectivity index (χ4n) is 3.41. The van der Waals surface area contributed by atoms with Crippen LogP contribution in [0, 0.1) is 12.7 Å². The van der Waals surface area contributed by atoms with Gasteiger partial charge in [0.05, 0.1) is 18.2 Å². The first-order valence-corrected chi connectivity index (χ1v) is 8.09. The molecular formula is C17H23FN2O3. The average molecular weight is 322 g/mol. The van der Waals surface area contributed by atoms with Gasteiger partial charge < -0.3 is 15.2 Å². The number of nitrogens with one attached hydrogen (secondary N) is 1. The van der Waals surface area contributed by atoms with Gasteiger partial charge in [0, 0.05) is 25.4 Å². The number of benzene rings is 1. The van der Waals surface area contributed by atoms with Gasteiger partial charge in [-0.2, -0.15) is 0 Å². The van der Waals surface area contributed by atoms with Crippen LogP contribution in [0.2, 0.25) is 0 Å². The second-order valence-electron chi connectivity index (χ2n) is 6.53. The number of carbonyl (C=O) groups is 1. The molecule has 3 rings (SSSR count). The zero-order valence-electron chi connectivity index (χ0n) is 13.3. The second kappa shape index (κ2) is 6.55. The Hall–Kier alpha value is -1.50. The van der Waals surface area contributed by atoms with Crippen molar-refractivity contribution < 1.29 is 19.0 Å². The molecule has 2 saturated heterocycles.